The highest BCUT2D eigenvalue weighted by molar-refractivity contribution is 5.63. The van der Waals surface area contributed by atoms with Crippen LogP contribution in [0, 0.1) is 5.92 Å². The van der Waals surface area contributed by atoms with Crippen LogP contribution in [0.3, 0.4) is 0 Å². The summed E-state index contributed by atoms with van der Waals surface area (Å²) in [5.41, 5.74) is 10.1. The van der Waals surface area contributed by atoms with E-state index < -0.39 is 0 Å². The lowest BCUT2D eigenvalue weighted by Gasteiger charge is -2.12. The molecular formula is C21H30N2O. The summed E-state index contributed by atoms with van der Waals surface area (Å²) in [6.07, 6.45) is 2.96. The first-order chi connectivity index (χ1) is 11.6. The van der Waals surface area contributed by atoms with Gasteiger partial charge in [-0.1, -0.05) is 68.4 Å². The zero-order valence-corrected chi connectivity index (χ0v) is 15.3. The van der Waals surface area contributed by atoms with Gasteiger partial charge < -0.3 is 4.79 Å². The van der Waals surface area contributed by atoms with Crippen LogP contribution in [0.4, 0.5) is 0 Å². The molecule has 2 aromatic carbocycles. The Morgan fingerprint density at radius 1 is 0.958 bits per heavy atom. The van der Waals surface area contributed by atoms with Gasteiger partial charge in [-0.15, -0.1) is 0 Å². The molecule has 0 fully saturated rings. The maximum atomic E-state index is 9.74. The average molecular weight is 326 g/mol. The molecule has 0 aliphatic heterocycles. The second kappa shape index (κ2) is 11.5. The Hall–Kier alpha value is -1.97. The zero-order valence-electron chi connectivity index (χ0n) is 15.3. The number of carbonyl (C=O) groups is 1. The van der Waals surface area contributed by atoms with Gasteiger partial charge in [-0.05, 0) is 43.5 Å². The van der Waals surface area contributed by atoms with Crippen molar-refractivity contribution in [2.75, 3.05) is 7.05 Å². The van der Waals surface area contributed by atoms with Gasteiger partial charge in [0.25, 0.3) is 0 Å². The van der Waals surface area contributed by atoms with Crippen molar-refractivity contribution in [3.8, 4) is 11.1 Å². The molecule has 2 N–H and O–H groups in total. The molecule has 0 saturated heterocycles. The number of hydrazine groups is 1. The van der Waals surface area contributed by atoms with Gasteiger partial charge in [-0.25, -0.2) is 0 Å². The van der Waals surface area contributed by atoms with Gasteiger partial charge in [0, 0.05) is 12.0 Å². The lowest BCUT2D eigenvalue weighted by molar-refractivity contribution is -0.110. The van der Waals surface area contributed by atoms with Gasteiger partial charge in [-0.3, -0.25) is 10.9 Å². The first kappa shape index (κ1) is 20.1. The van der Waals surface area contributed by atoms with Gasteiger partial charge in [0.2, 0.25) is 0 Å². The zero-order chi connectivity index (χ0) is 17.8. The van der Waals surface area contributed by atoms with Crippen molar-refractivity contribution >= 4 is 6.29 Å². The molecule has 0 aliphatic carbocycles. The summed E-state index contributed by atoms with van der Waals surface area (Å²) in [6, 6.07) is 19.7. The number of rotatable bonds is 7. The Morgan fingerprint density at radius 3 is 2.00 bits per heavy atom. The summed E-state index contributed by atoms with van der Waals surface area (Å²) in [5, 5.41) is 0. The summed E-state index contributed by atoms with van der Waals surface area (Å²) < 4.78 is 0. The van der Waals surface area contributed by atoms with E-state index in [4.69, 9.17) is 0 Å². The largest absolute Gasteiger partial charge is 0.303 e. The molecule has 0 amide bonds. The van der Waals surface area contributed by atoms with Crippen molar-refractivity contribution in [1.82, 2.24) is 10.9 Å². The Labute approximate surface area is 146 Å². The number of hydrogen-bond acceptors (Lipinski definition) is 3. The number of hydrogen-bond donors (Lipinski definition) is 2. The fraction of sp³-hybridized carbons (Fsp3) is 0.381. The van der Waals surface area contributed by atoms with E-state index in [1.807, 2.05) is 27.0 Å². The second-order valence-electron chi connectivity index (χ2n) is 6.08. The summed E-state index contributed by atoms with van der Waals surface area (Å²) in [4.78, 5) is 9.74. The summed E-state index contributed by atoms with van der Waals surface area (Å²) in [6.45, 7) is 6.08. The van der Waals surface area contributed by atoms with E-state index in [-0.39, 0.29) is 5.92 Å². The molecule has 0 spiro atoms. The lowest BCUT2D eigenvalue weighted by Crippen LogP contribution is -2.37. The molecule has 24 heavy (non-hydrogen) atoms. The molecule has 3 nitrogen and oxygen atoms in total. The highest BCUT2D eigenvalue weighted by Crippen LogP contribution is 2.19. The maximum absolute atomic E-state index is 9.74. The smallest absolute Gasteiger partial charge is 0.122 e. The Morgan fingerprint density at radius 2 is 1.54 bits per heavy atom. The van der Waals surface area contributed by atoms with Crippen LogP contribution < -0.4 is 10.9 Å². The maximum Gasteiger partial charge on any atom is 0.122 e. The van der Waals surface area contributed by atoms with E-state index in [0.717, 1.165) is 19.1 Å². The molecule has 2 rings (SSSR count). The van der Waals surface area contributed by atoms with Crippen LogP contribution in [0.15, 0.2) is 54.6 Å². The minimum absolute atomic E-state index is 0.255. The van der Waals surface area contributed by atoms with Crippen molar-refractivity contribution in [2.24, 2.45) is 5.92 Å². The van der Waals surface area contributed by atoms with Gasteiger partial charge in [0.15, 0.2) is 0 Å². The predicted molar refractivity (Wildman–Crippen MR) is 103 cm³/mol. The van der Waals surface area contributed by atoms with Gasteiger partial charge in [0.05, 0.1) is 0 Å². The van der Waals surface area contributed by atoms with Crippen LogP contribution in [0.5, 0.6) is 0 Å². The summed E-state index contributed by atoms with van der Waals surface area (Å²) >= 11 is 0. The minimum atomic E-state index is 0.255. The molecule has 2 aromatic rings. The normalized spacial score (nSPS) is 12.7. The van der Waals surface area contributed by atoms with Crippen molar-refractivity contribution in [1.29, 1.82) is 0 Å². The molecule has 2 atom stereocenters. The molecule has 3 heteroatoms. The highest BCUT2D eigenvalue weighted by Gasteiger charge is 2.02. The van der Waals surface area contributed by atoms with Crippen molar-refractivity contribution in [3.63, 3.8) is 0 Å². The van der Waals surface area contributed by atoms with E-state index in [0.29, 0.717) is 6.04 Å². The van der Waals surface area contributed by atoms with Crippen LogP contribution in [0.1, 0.15) is 32.8 Å². The number of aldehydes is 1. The molecule has 0 heterocycles. The average Bonchev–Trinajstić information content (AvgIpc) is 2.63. The third kappa shape index (κ3) is 7.53. The van der Waals surface area contributed by atoms with Gasteiger partial charge >= 0.3 is 0 Å². The van der Waals surface area contributed by atoms with E-state index >= 15 is 0 Å². The molecular weight excluding hydrogens is 296 g/mol. The third-order valence-electron chi connectivity index (χ3n) is 3.87. The fourth-order valence-electron chi connectivity index (χ4n) is 2.21. The second-order valence-corrected chi connectivity index (χ2v) is 6.08. The van der Waals surface area contributed by atoms with Crippen molar-refractivity contribution in [2.45, 2.75) is 39.7 Å². The number of nitrogens with one attached hydrogen (secondary N) is 2. The van der Waals surface area contributed by atoms with E-state index in [9.17, 15) is 4.79 Å². The molecule has 0 aliphatic rings. The van der Waals surface area contributed by atoms with Gasteiger partial charge in [0.1, 0.15) is 6.29 Å². The Balaban J connectivity index is 0.000000413. The van der Waals surface area contributed by atoms with Crippen LogP contribution in [-0.2, 0) is 11.2 Å². The topological polar surface area (TPSA) is 41.1 Å². The quantitative estimate of drug-likeness (QED) is 0.590. The van der Waals surface area contributed by atoms with E-state index in [1.165, 1.54) is 16.7 Å². The first-order valence-electron chi connectivity index (χ1n) is 8.62. The SMILES string of the molecule is CC[C@H](C)C=O.CNNC(C)Cc1ccc(-c2ccccc2)cc1. The number of carbonyl (C=O) groups excluding carboxylic acids is 1. The van der Waals surface area contributed by atoms with Crippen molar-refractivity contribution in [3.05, 3.63) is 60.2 Å². The molecule has 0 saturated carbocycles. The lowest BCUT2D eigenvalue weighted by atomic mass is 10.0. The minimum Gasteiger partial charge on any atom is -0.303 e. The molecule has 0 radical (unpaired) electrons. The van der Waals surface area contributed by atoms with Gasteiger partial charge in [-0.2, -0.15) is 0 Å². The van der Waals surface area contributed by atoms with Crippen LogP contribution in [0.2, 0.25) is 0 Å². The standard InChI is InChI=1S/C16H20N2.C5H10O/c1-13(18-17-2)12-14-8-10-16(11-9-14)15-6-4-3-5-7-15;1-3-5(2)4-6/h3-11,13,17-18H,12H2,1-2H3;4-5H,3H2,1-2H3/t;5-/m.0/s1. The summed E-state index contributed by atoms with van der Waals surface area (Å²) in [5.74, 6) is 0.255. The van der Waals surface area contributed by atoms with Crippen LogP contribution in [0.25, 0.3) is 11.1 Å². The Kier molecular flexibility index (Phi) is 9.66. The van der Waals surface area contributed by atoms with E-state index in [1.54, 1.807) is 0 Å². The molecule has 0 bridgehead atoms. The Bertz CT molecular complexity index is 566. The van der Waals surface area contributed by atoms with Crippen LogP contribution >= 0.6 is 0 Å². The highest BCUT2D eigenvalue weighted by atomic mass is 16.1. The summed E-state index contributed by atoms with van der Waals surface area (Å²) in [7, 11) is 1.90. The third-order valence-corrected chi connectivity index (χ3v) is 3.87. The van der Waals surface area contributed by atoms with Crippen LogP contribution in [-0.4, -0.2) is 19.4 Å². The fourth-order valence-corrected chi connectivity index (χ4v) is 2.21. The molecule has 1 unspecified atom stereocenters. The monoisotopic (exact) mass is 326 g/mol. The predicted octanol–water partition coefficient (Wildman–Crippen LogP) is 4.24. The number of benzene rings is 2. The molecule has 130 valence electrons. The molecule has 0 aromatic heterocycles. The first-order valence-corrected chi connectivity index (χ1v) is 8.62. The van der Waals surface area contributed by atoms with E-state index in [2.05, 4.69) is 66.3 Å². The van der Waals surface area contributed by atoms with Crippen molar-refractivity contribution < 1.29 is 4.79 Å².